The molecular formula is C34H46N8O5Si. The molecule has 0 unspecified atom stereocenters. The molecule has 1 aromatic carbocycles. The number of hydrogen-bond donors (Lipinski definition) is 1. The summed E-state index contributed by atoms with van der Waals surface area (Å²) in [4.78, 5) is 45.0. The molecular weight excluding hydrogens is 629 g/mol. The van der Waals surface area contributed by atoms with Crippen molar-refractivity contribution < 1.29 is 19.2 Å². The number of benzene rings is 1. The van der Waals surface area contributed by atoms with Gasteiger partial charge in [-0.1, -0.05) is 39.4 Å². The van der Waals surface area contributed by atoms with E-state index in [1.807, 2.05) is 40.9 Å². The van der Waals surface area contributed by atoms with Crippen molar-refractivity contribution in [1.29, 1.82) is 0 Å². The molecule has 0 amide bonds. The van der Waals surface area contributed by atoms with E-state index in [0.29, 0.717) is 48.3 Å². The maximum Gasteiger partial charge on any atom is 0.343 e. The molecule has 0 radical (unpaired) electrons. The first kappa shape index (κ1) is 36.1. The summed E-state index contributed by atoms with van der Waals surface area (Å²) in [5.74, 6) is 3.48. The van der Waals surface area contributed by atoms with Crippen molar-refractivity contribution in [1.82, 2.24) is 19.9 Å². The Morgan fingerprint density at radius 2 is 1.88 bits per heavy atom. The van der Waals surface area contributed by atoms with Crippen LogP contribution in [0.3, 0.4) is 0 Å². The van der Waals surface area contributed by atoms with Gasteiger partial charge in [0.1, 0.15) is 30.8 Å². The van der Waals surface area contributed by atoms with Crippen molar-refractivity contribution in [2.75, 3.05) is 63.0 Å². The zero-order valence-corrected chi connectivity index (χ0v) is 30.8. The van der Waals surface area contributed by atoms with Gasteiger partial charge in [-0.2, -0.15) is 4.98 Å². The minimum atomic E-state index is -1.61. The van der Waals surface area contributed by atoms with E-state index >= 15 is 0 Å². The Bertz CT molecular complexity index is 1760. The van der Waals surface area contributed by atoms with E-state index in [4.69, 9.17) is 19.4 Å². The van der Waals surface area contributed by atoms with Gasteiger partial charge in [-0.15, -0.1) is 5.54 Å². The Morgan fingerprint density at radius 3 is 2.48 bits per heavy atom. The normalized spacial score (nSPS) is 13.6. The van der Waals surface area contributed by atoms with Crippen LogP contribution in [0.5, 0.6) is 5.75 Å². The SMILES string of the molecule is COc1cc(N(C)CCN(C)C)c([N+](=O)[O-])cc1Nc1ncc(C(=O)OC(C)C)c(N2CC(C)(C)c3nc(C#C[Si](C)(C)C)ccc32)n1. The lowest BCUT2D eigenvalue weighted by atomic mass is 9.91. The number of nitro benzene ring substituents is 1. The van der Waals surface area contributed by atoms with Gasteiger partial charge < -0.3 is 29.5 Å². The van der Waals surface area contributed by atoms with E-state index in [1.165, 1.54) is 19.4 Å². The number of nitrogens with one attached hydrogen (secondary N) is 1. The predicted octanol–water partition coefficient (Wildman–Crippen LogP) is 5.75. The molecule has 3 aromatic rings. The lowest BCUT2D eigenvalue weighted by Gasteiger charge is -2.24. The van der Waals surface area contributed by atoms with Crippen LogP contribution in [0.25, 0.3) is 0 Å². The molecule has 1 aliphatic rings. The fourth-order valence-corrected chi connectivity index (χ4v) is 5.66. The number of esters is 1. The van der Waals surface area contributed by atoms with Crippen LogP contribution in [0.15, 0.2) is 30.5 Å². The summed E-state index contributed by atoms with van der Waals surface area (Å²) in [6.45, 7) is 16.0. The van der Waals surface area contributed by atoms with Crippen LogP contribution in [0.2, 0.25) is 19.6 Å². The minimum absolute atomic E-state index is 0.105. The Balaban J connectivity index is 1.81. The second kappa shape index (κ2) is 14.2. The van der Waals surface area contributed by atoms with Crippen LogP contribution < -0.4 is 19.9 Å². The van der Waals surface area contributed by atoms with E-state index in [-0.39, 0.29) is 23.3 Å². The fraction of sp³-hybridized carbons (Fsp3) is 0.471. The highest BCUT2D eigenvalue weighted by molar-refractivity contribution is 6.83. The third-order valence-corrected chi connectivity index (χ3v) is 8.42. The number of carbonyl (C=O) groups is 1. The maximum atomic E-state index is 13.3. The van der Waals surface area contributed by atoms with Crippen molar-refractivity contribution in [3.05, 3.63) is 57.5 Å². The minimum Gasteiger partial charge on any atom is -0.494 e. The molecule has 0 fully saturated rings. The van der Waals surface area contributed by atoms with Gasteiger partial charge in [0, 0.05) is 50.4 Å². The zero-order chi connectivity index (χ0) is 35.6. The summed E-state index contributed by atoms with van der Waals surface area (Å²) in [7, 11) is 5.57. The van der Waals surface area contributed by atoms with Crippen LogP contribution in [0.4, 0.5) is 34.5 Å². The molecule has 0 saturated heterocycles. The van der Waals surface area contributed by atoms with Crippen molar-refractivity contribution in [3.8, 4) is 17.2 Å². The molecule has 4 rings (SSSR count). The molecule has 256 valence electrons. The number of hydrogen-bond acceptors (Lipinski definition) is 12. The Kier molecular flexibility index (Phi) is 10.7. The average Bonchev–Trinajstić information content (AvgIpc) is 3.27. The highest BCUT2D eigenvalue weighted by Crippen LogP contribution is 2.44. The van der Waals surface area contributed by atoms with E-state index in [9.17, 15) is 14.9 Å². The van der Waals surface area contributed by atoms with E-state index < -0.39 is 24.4 Å². The van der Waals surface area contributed by atoms with Gasteiger partial charge in [0.05, 0.1) is 35.2 Å². The topological polar surface area (TPSA) is 139 Å². The van der Waals surface area contributed by atoms with Gasteiger partial charge in [-0.3, -0.25) is 10.1 Å². The largest absolute Gasteiger partial charge is 0.494 e. The summed E-state index contributed by atoms with van der Waals surface area (Å²) in [6.07, 6.45) is 1.05. The predicted molar refractivity (Wildman–Crippen MR) is 192 cm³/mol. The van der Waals surface area contributed by atoms with Gasteiger partial charge in [-0.05, 0) is 40.1 Å². The third kappa shape index (κ3) is 8.39. The first-order valence-electron chi connectivity index (χ1n) is 15.8. The number of nitro groups is 1. The van der Waals surface area contributed by atoms with Crippen LogP contribution in [-0.2, 0) is 10.2 Å². The van der Waals surface area contributed by atoms with Gasteiger partial charge in [0.2, 0.25) is 5.95 Å². The molecule has 48 heavy (non-hydrogen) atoms. The molecule has 14 heteroatoms. The molecule has 0 bridgehead atoms. The van der Waals surface area contributed by atoms with Crippen LogP contribution >= 0.6 is 0 Å². The Labute approximate surface area is 283 Å². The standard InChI is InChI=1S/C34H46N8O5Si/c1-22(2)47-32(43)24-20-35-33(37-25-18-28(42(44)45)27(19-29(25)46-8)40(7)16-15-39(5)6)38-31(24)41-21-34(3,4)30-26(41)13-12-23(36-30)14-17-48(9,10)11/h12-13,18-20,22H,15-16,21H2,1-11H3,(H,35,37,38). The van der Waals surface area contributed by atoms with E-state index in [0.717, 1.165) is 11.4 Å². The number of fused-ring (bicyclic) bond motifs is 1. The average molecular weight is 675 g/mol. The van der Waals surface area contributed by atoms with Gasteiger partial charge in [0.25, 0.3) is 5.69 Å². The van der Waals surface area contributed by atoms with Gasteiger partial charge in [0.15, 0.2) is 5.82 Å². The number of ether oxygens (including phenoxy) is 2. The van der Waals surface area contributed by atoms with Gasteiger partial charge in [-0.25, -0.2) is 14.8 Å². The number of likely N-dealkylation sites (N-methyl/N-ethyl adjacent to an activating group) is 2. The van der Waals surface area contributed by atoms with Crippen molar-refractivity contribution in [2.45, 2.75) is 58.9 Å². The van der Waals surface area contributed by atoms with E-state index in [1.54, 1.807) is 27.0 Å². The number of rotatable bonds is 11. The number of carbonyl (C=O) groups excluding carboxylic acids is 1. The molecule has 0 saturated carbocycles. The van der Waals surface area contributed by atoms with Gasteiger partial charge >= 0.3 is 5.97 Å². The van der Waals surface area contributed by atoms with Crippen molar-refractivity contribution in [2.24, 2.45) is 0 Å². The monoisotopic (exact) mass is 674 g/mol. The molecule has 3 heterocycles. The lowest BCUT2D eigenvalue weighted by molar-refractivity contribution is -0.384. The van der Waals surface area contributed by atoms with Crippen LogP contribution in [0, 0.1) is 21.6 Å². The van der Waals surface area contributed by atoms with Crippen LogP contribution in [0.1, 0.15) is 49.4 Å². The maximum absolute atomic E-state index is 13.3. The smallest absolute Gasteiger partial charge is 0.343 e. The van der Waals surface area contributed by atoms with Crippen molar-refractivity contribution in [3.63, 3.8) is 0 Å². The summed E-state index contributed by atoms with van der Waals surface area (Å²) >= 11 is 0. The molecule has 2 aromatic heterocycles. The number of nitrogens with zero attached hydrogens (tertiary/aromatic N) is 7. The molecule has 1 aliphatic heterocycles. The number of aromatic nitrogens is 3. The molecule has 0 atom stereocenters. The highest BCUT2D eigenvalue weighted by atomic mass is 28.3. The highest BCUT2D eigenvalue weighted by Gasteiger charge is 2.40. The molecule has 0 aliphatic carbocycles. The summed E-state index contributed by atoms with van der Waals surface area (Å²) in [5, 5.41) is 15.3. The first-order chi connectivity index (χ1) is 22.4. The third-order valence-electron chi connectivity index (χ3n) is 7.55. The number of anilines is 5. The Morgan fingerprint density at radius 1 is 1.17 bits per heavy atom. The number of pyridine rings is 1. The zero-order valence-electron chi connectivity index (χ0n) is 29.8. The molecule has 1 N–H and O–H groups in total. The first-order valence-corrected chi connectivity index (χ1v) is 19.3. The summed E-state index contributed by atoms with van der Waals surface area (Å²) in [5.41, 5.74) is 6.09. The van der Waals surface area contributed by atoms with Crippen molar-refractivity contribution >= 4 is 48.6 Å². The quantitative estimate of drug-likeness (QED) is 0.0871. The summed E-state index contributed by atoms with van der Waals surface area (Å²) < 4.78 is 11.2. The molecule has 0 spiro atoms. The second-order valence-corrected chi connectivity index (χ2v) is 18.8. The summed E-state index contributed by atoms with van der Waals surface area (Å²) in [6, 6.07) is 6.87. The molecule has 13 nitrogen and oxygen atoms in total. The van der Waals surface area contributed by atoms with E-state index in [2.05, 4.69) is 55.3 Å². The Hall–Kier alpha value is -4.74. The second-order valence-electron chi connectivity index (χ2n) is 14.1. The fourth-order valence-electron chi connectivity index (χ4n) is 5.16. The number of methoxy groups -OCH3 is 1. The lowest BCUT2D eigenvalue weighted by Crippen LogP contribution is -2.29. The van der Waals surface area contributed by atoms with Crippen LogP contribution in [-0.4, -0.2) is 92.8 Å².